The van der Waals surface area contributed by atoms with Crippen molar-refractivity contribution in [2.45, 2.75) is 45.6 Å². The number of piperidine rings is 1. The molecule has 0 unspecified atom stereocenters. The van der Waals surface area contributed by atoms with E-state index in [9.17, 15) is 9.59 Å². The second kappa shape index (κ2) is 10.8. The summed E-state index contributed by atoms with van der Waals surface area (Å²) < 4.78 is 5.65. The number of benzene rings is 1. The molecule has 0 aliphatic carbocycles. The molecule has 30 heavy (non-hydrogen) atoms. The van der Waals surface area contributed by atoms with Gasteiger partial charge in [0, 0.05) is 44.4 Å². The third kappa shape index (κ3) is 6.58. The fraction of sp³-hybridized carbons (Fsp3) is 0.458. The largest absolute Gasteiger partial charge is 0.491 e. The normalized spacial score (nSPS) is 16.6. The van der Waals surface area contributed by atoms with Crippen molar-refractivity contribution >= 4 is 11.8 Å². The fourth-order valence-electron chi connectivity index (χ4n) is 3.62. The van der Waals surface area contributed by atoms with Crippen LogP contribution in [-0.2, 0) is 22.4 Å². The van der Waals surface area contributed by atoms with Crippen LogP contribution in [0.3, 0.4) is 0 Å². The molecule has 0 spiro atoms. The van der Waals surface area contributed by atoms with E-state index in [4.69, 9.17) is 4.74 Å². The molecule has 2 amide bonds. The lowest BCUT2D eigenvalue weighted by Crippen LogP contribution is -2.46. The van der Waals surface area contributed by atoms with Gasteiger partial charge in [-0.15, -0.1) is 0 Å². The van der Waals surface area contributed by atoms with Gasteiger partial charge in [-0.3, -0.25) is 14.6 Å². The topological polar surface area (TPSA) is 71.5 Å². The van der Waals surface area contributed by atoms with Gasteiger partial charge in [0.05, 0.1) is 12.0 Å². The van der Waals surface area contributed by atoms with Crippen LogP contribution in [0, 0.1) is 5.92 Å². The number of carbonyl (C=O) groups is 2. The van der Waals surface area contributed by atoms with Crippen LogP contribution >= 0.6 is 0 Å². The first kappa shape index (κ1) is 21.8. The number of hydrogen-bond donors (Lipinski definition) is 1. The van der Waals surface area contributed by atoms with Crippen LogP contribution in [0.4, 0.5) is 0 Å². The minimum atomic E-state index is -0.145. The van der Waals surface area contributed by atoms with Gasteiger partial charge in [-0.2, -0.15) is 0 Å². The lowest BCUT2D eigenvalue weighted by atomic mass is 9.96. The van der Waals surface area contributed by atoms with Crippen molar-refractivity contribution in [3.63, 3.8) is 0 Å². The molecule has 2 heterocycles. The molecule has 6 nitrogen and oxygen atoms in total. The van der Waals surface area contributed by atoms with Gasteiger partial charge in [-0.1, -0.05) is 18.2 Å². The smallest absolute Gasteiger partial charge is 0.224 e. The summed E-state index contributed by atoms with van der Waals surface area (Å²) in [7, 11) is 0. The van der Waals surface area contributed by atoms with Crippen molar-refractivity contribution in [2.24, 2.45) is 5.92 Å². The van der Waals surface area contributed by atoms with E-state index >= 15 is 0 Å². The standard InChI is InChI=1S/C24H31N3O3/c1-18(2)30-22-9-6-19(7-10-22)12-15-26-24(29)20-8-11-23(28)27(17-20)16-13-21-5-3-4-14-25-21/h3-7,9-10,14,18,20H,8,11-13,15-17H2,1-2H3,(H,26,29)/t20-/m1/s1. The van der Waals surface area contributed by atoms with Crippen LogP contribution < -0.4 is 10.1 Å². The maximum atomic E-state index is 12.6. The molecule has 1 fully saturated rings. The average molecular weight is 410 g/mol. The quantitative estimate of drug-likeness (QED) is 0.691. The maximum Gasteiger partial charge on any atom is 0.224 e. The minimum Gasteiger partial charge on any atom is -0.491 e. The Bertz CT molecular complexity index is 821. The number of carbonyl (C=O) groups excluding carboxylic acids is 2. The highest BCUT2D eigenvalue weighted by atomic mass is 16.5. The van der Waals surface area contributed by atoms with Gasteiger partial charge in [0.2, 0.25) is 11.8 Å². The Morgan fingerprint density at radius 3 is 2.70 bits per heavy atom. The zero-order chi connectivity index (χ0) is 21.3. The molecule has 1 aliphatic heterocycles. The van der Waals surface area contributed by atoms with Crippen LogP contribution in [0.2, 0.25) is 0 Å². The number of pyridine rings is 1. The van der Waals surface area contributed by atoms with E-state index in [2.05, 4.69) is 10.3 Å². The Kier molecular flexibility index (Phi) is 7.82. The van der Waals surface area contributed by atoms with Crippen LogP contribution in [-0.4, -0.2) is 47.4 Å². The number of rotatable bonds is 9. The minimum absolute atomic E-state index is 0.0325. The summed E-state index contributed by atoms with van der Waals surface area (Å²) in [5.74, 6) is 0.868. The molecule has 0 saturated carbocycles. The molecular formula is C24H31N3O3. The summed E-state index contributed by atoms with van der Waals surface area (Å²) >= 11 is 0. The Hall–Kier alpha value is -2.89. The van der Waals surface area contributed by atoms with Crippen LogP contribution in [0.5, 0.6) is 5.75 Å². The third-order valence-corrected chi connectivity index (χ3v) is 5.24. The predicted octanol–water partition coefficient (Wildman–Crippen LogP) is 3.01. The van der Waals surface area contributed by atoms with Crippen LogP contribution in [0.15, 0.2) is 48.7 Å². The lowest BCUT2D eigenvalue weighted by Gasteiger charge is -2.32. The van der Waals surface area contributed by atoms with E-state index in [1.807, 2.05) is 56.3 Å². The summed E-state index contributed by atoms with van der Waals surface area (Å²) in [4.78, 5) is 31.0. The Balaban J connectivity index is 1.42. The van der Waals surface area contributed by atoms with E-state index in [-0.39, 0.29) is 23.8 Å². The van der Waals surface area contributed by atoms with E-state index in [0.29, 0.717) is 38.9 Å². The van der Waals surface area contributed by atoms with Gasteiger partial charge in [0.15, 0.2) is 0 Å². The van der Waals surface area contributed by atoms with Crippen LogP contribution in [0.1, 0.15) is 37.9 Å². The number of nitrogens with one attached hydrogen (secondary N) is 1. The Morgan fingerprint density at radius 1 is 1.20 bits per heavy atom. The zero-order valence-corrected chi connectivity index (χ0v) is 17.8. The van der Waals surface area contributed by atoms with E-state index < -0.39 is 0 Å². The van der Waals surface area contributed by atoms with Crippen molar-refractivity contribution in [3.05, 3.63) is 59.9 Å². The summed E-state index contributed by atoms with van der Waals surface area (Å²) in [6.07, 6.45) is 4.43. The molecule has 1 N–H and O–H groups in total. The Labute approximate surface area is 178 Å². The molecule has 1 aliphatic rings. The molecule has 160 valence electrons. The molecule has 0 bridgehead atoms. The molecule has 1 aromatic heterocycles. The van der Waals surface area contributed by atoms with Gasteiger partial charge < -0.3 is 15.0 Å². The van der Waals surface area contributed by atoms with E-state index in [0.717, 1.165) is 23.4 Å². The monoisotopic (exact) mass is 409 g/mol. The van der Waals surface area contributed by atoms with Gasteiger partial charge in [0.25, 0.3) is 0 Å². The van der Waals surface area contributed by atoms with Crippen molar-refractivity contribution in [1.29, 1.82) is 0 Å². The van der Waals surface area contributed by atoms with E-state index in [1.54, 1.807) is 11.1 Å². The zero-order valence-electron chi connectivity index (χ0n) is 17.8. The highest BCUT2D eigenvalue weighted by molar-refractivity contribution is 5.83. The molecule has 6 heteroatoms. The number of aromatic nitrogens is 1. The summed E-state index contributed by atoms with van der Waals surface area (Å²) in [5, 5.41) is 3.04. The first-order chi connectivity index (χ1) is 14.5. The van der Waals surface area contributed by atoms with Crippen molar-refractivity contribution in [1.82, 2.24) is 15.2 Å². The Morgan fingerprint density at radius 2 is 2.00 bits per heavy atom. The summed E-state index contributed by atoms with van der Waals surface area (Å²) in [5.41, 5.74) is 2.11. The third-order valence-electron chi connectivity index (χ3n) is 5.24. The first-order valence-electron chi connectivity index (χ1n) is 10.7. The fourth-order valence-corrected chi connectivity index (χ4v) is 3.62. The number of hydrogen-bond acceptors (Lipinski definition) is 4. The molecule has 1 atom stereocenters. The molecule has 1 saturated heterocycles. The number of ether oxygens (including phenoxy) is 1. The van der Waals surface area contributed by atoms with E-state index in [1.165, 1.54) is 0 Å². The average Bonchev–Trinajstić information content (AvgIpc) is 2.74. The van der Waals surface area contributed by atoms with Gasteiger partial charge in [-0.05, 0) is 56.5 Å². The second-order valence-corrected chi connectivity index (χ2v) is 8.00. The molecule has 0 radical (unpaired) electrons. The predicted molar refractivity (Wildman–Crippen MR) is 116 cm³/mol. The van der Waals surface area contributed by atoms with Crippen molar-refractivity contribution in [3.8, 4) is 5.75 Å². The van der Waals surface area contributed by atoms with Crippen LogP contribution in [0.25, 0.3) is 0 Å². The highest BCUT2D eigenvalue weighted by Gasteiger charge is 2.29. The van der Waals surface area contributed by atoms with Crippen molar-refractivity contribution < 1.29 is 14.3 Å². The van der Waals surface area contributed by atoms with Gasteiger partial charge >= 0.3 is 0 Å². The van der Waals surface area contributed by atoms with Gasteiger partial charge in [-0.25, -0.2) is 0 Å². The first-order valence-corrected chi connectivity index (χ1v) is 10.7. The molecule has 2 aromatic rings. The number of amides is 2. The lowest BCUT2D eigenvalue weighted by molar-refractivity contribution is -0.138. The number of nitrogens with zero attached hydrogens (tertiary/aromatic N) is 2. The number of likely N-dealkylation sites (tertiary alicyclic amines) is 1. The molecule has 1 aromatic carbocycles. The summed E-state index contributed by atoms with van der Waals surface area (Å²) in [6, 6.07) is 13.8. The van der Waals surface area contributed by atoms with Gasteiger partial charge in [0.1, 0.15) is 5.75 Å². The molecule has 3 rings (SSSR count). The van der Waals surface area contributed by atoms with Crippen molar-refractivity contribution in [2.75, 3.05) is 19.6 Å². The highest BCUT2D eigenvalue weighted by Crippen LogP contribution is 2.18. The second-order valence-electron chi connectivity index (χ2n) is 8.00. The summed E-state index contributed by atoms with van der Waals surface area (Å²) in [6.45, 7) is 5.68. The SMILES string of the molecule is CC(C)Oc1ccc(CCNC(=O)[C@@H]2CCC(=O)N(CCc3ccccn3)C2)cc1. The molecular weight excluding hydrogens is 378 g/mol. The maximum absolute atomic E-state index is 12.6.